The van der Waals surface area contributed by atoms with Crippen LogP contribution in [0.25, 0.3) is 0 Å². The van der Waals surface area contributed by atoms with Crippen LogP contribution in [0, 0.1) is 5.82 Å². The van der Waals surface area contributed by atoms with Gasteiger partial charge in [0.2, 0.25) is 0 Å². The molecule has 1 atom stereocenters. The summed E-state index contributed by atoms with van der Waals surface area (Å²) in [5.41, 5.74) is 7.23. The van der Waals surface area contributed by atoms with Crippen LogP contribution in [0.1, 0.15) is 42.9 Å². The molecule has 2 rings (SSSR count). The van der Waals surface area contributed by atoms with E-state index < -0.39 is 11.9 Å². The average molecular weight is 295 g/mol. The van der Waals surface area contributed by atoms with Gasteiger partial charge >= 0.3 is 0 Å². The molecule has 0 aliphatic carbocycles. The van der Waals surface area contributed by atoms with Crippen molar-refractivity contribution in [2.75, 3.05) is 7.11 Å². The van der Waals surface area contributed by atoms with E-state index in [9.17, 15) is 4.39 Å². The molecule has 0 radical (unpaired) electrons. The maximum atomic E-state index is 14.3. The van der Waals surface area contributed by atoms with Gasteiger partial charge < -0.3 is 10.5 Å². The largest absolute Gasteiger partial charge is 0.494 e. The highest BCUT2D eigenvalue weighted by atomic mass is 32.1. The number of ether oxygens (including phenoxy) is 1. The molecule has 1 aromatic carbocycles. The molecule has 2 N–H and O–H groups in total. The van der Waals surface area contributed by atoms with E-state index in [-0.39, 0.29) is 11.2 Å². The standard InChI is InChI=1S/C14H18FN3OS/c1-14(2,3)13-12(20-18-17-13)11(16)8-6-5-7-9(19-4)10(8)15/h5-7,11H,16H2,1-4H3. The highest BCUT2D eigenvalue weighted by Gasteiger charge is 2.28. The third-order valence-corrected chi connectivity index (χ3v) is 3.86. The van der Waals surface area contributed by atoms with Gasteiger partial charge in [-0.3, -0.25) is 0 Å². The monoisotopic (exact) mass is 295 g/mol. The van der Waals surface area contributed by atoms with E-state index in [0.29, 0.717) is 5.56 Å². The fourth-order valence-corrected chi connectivity index (χ4v) is 2.87. The quantitative estimate of drug-likeness (QED) is 0.945. The Labute approximate surface area is 121 Å². The van der Waals surface area contributed by atoms with Crippen molar-refractivity contribution in [3.05, 3.63) is 40.2 Å². The third-order valence-electron chi connectivity index (χ3n) is 3.05. The average Bonchev–Trinajstić information content (AvgIpc) is 2.87. The molecular formula is C14H18FN3OS. The Morgan fingerprint density at radius 1 is 1.35 bits per heavy atom. The summed E-state index contributed by atoms with van der Waals surface area (Å²) in [5, 5.41) is 4.14. The smallest absolute Gasteiger partial charge is 0.170 e. The van der Waals surface area contributed by atoms with Crippen molar-refractivity contribution < 1.29 is 9.13 Å². The van der Waals surface area contributed by atoms with Gasteiger partial charge in [0.25, 0.3) is 0 Å². The highest BCUT2D eigenvalue weighted by Crippen LogP contribution is 2.34. The SMILES string of the molecule is COc1cccc(C(N)c2snnc2C(C)(C)C)c1F. The van der Waals surface area contributed by atoms with Gasteiger partial charge in [-0.25, -0.2) is 4.39 Å². The van der Waals surface area contributed by atoms with Crippen molar-refractivity contribution in [1.29, 1.82) is 0 Å². The topological polar surface area (TPSA) is 61.0 Å². The molecule has 20 heavy (non-hydrogen) atoms. The fraction of sp³-hybridized carbons (Fsp3) is 0.429. The highest BCUT2D eigenvalue weighted by molar-refractivity contribution is 7.05. The van der Waals surface area contributed by atoms with Crippen molar-refractivity contribution in [3.8, 4) is 5.75 Å². The van der Waals surface area contributed by atoms with E-state index in [1.54, 1.807) is 18.2 Å². The van der Waals surface area contributed by atoms with Gasteiger partial charge in [0.05, 0.1) is 23.7 Å². The number of benzene rings is 1. The number of halogens is 1. The second kappa shape index (κ2) is 5.46. The summed E-state index contributed by atoms with van der Waals surface area (Å²) >= 11 is 1.21. The summed E-state index contributed by atoms with van der Waals surface area (Å²) in [6.07, 6.45) is 0. The molecule has 0 aliphatic rings. The predicted molar refractivity (Wildman–Crippen MR) is 77.6 cm³/mol. The Bertz CT molecular complexity index is 607. The zero-order chi connectivity index (χ0) is 14.9. The zero-order valence-electron chi connectivity index (χ0n) is 12.0. The van der Waals surface area contributed by atoms with Crippen LogP contribution < -0.4 is 10.5 Å². The Kier molecular flexibility index (Phi) is 4.06. The molecule has 1 unspecified atom stereocenters. The number of hydrogen-bond acceptors (Lipinski definition) is 5. The van der Waals surface area contributed by atoms with Gasteiger partial charge in [-0.05, 0) is 17.6 Å². The van der Waals surface area contributed by atoms with Crippen LogP contribution in [-0.4, -0.2) is 16.7 Å². The molecule has 0 bridgehead atoms. The van der Waals surface area contributed by atoms with Crippen molar-refractivity contribution in [2.45, 2.75) is 32.2 Å². The van der Waals surface area contributed by atoms with Crippen LogP contribution in [0.15, 0.2) is 18.2 Å². The Hall–Kier alpha value is -1.53. The Morgan fingerprint density at radius 2 is 2.05 bits per heavy atom. The molecule has 4 nitrogen and oxygen atoms in total. The van der Waals surface area contributed by atoms with E-state index in [4.69, 9.17) is 10.5 Å². The van der Waals surface area contributed by atoms with Crippen molar-refractivity contribution in [3.63, 3.8) is 0 Å². The first kappa shape index (κ1) is 14.9. The molecular weight excluding hydrogens is 277 g/mol. The summed E-state index contributed by atoms with van der Waals surface area (Å²) in [4.78, 5) is 0.782. The van der Waals surface area contributed by atoms with Crippen molar-refractivity contribution >= 4 is 11.5 Å². The molecule has 1 heterocycles. The Balaban J connectivity index is 2.48. The summed E-state index contributed by atoms with van der Waals surface area (Å²) in [7, 11) is 1.43. The van der Waals surface area contributed by atoms with E-state index in [0.717, 1.165) is 10.6 Å². The minimum absolute atomic E-state index is 0.185. The summed E-state index contributed by atoms with van der Waals surface area (Å²) in [6, 6.07) is 4.36. The second-order valence-corrected chi connectivity index (χ2v) is 6.36. The van der Waals surface area contributed by atoms with Crippen molar-refractivity contribution in [1.82, 2.24) is 9.59 Å². The maximum Gasteiger partial charge on any atom is 0.170 e. The maximum absolute atomic E-state index is 14.3. The molecule has 0 spiro atoms. The molecule has 1 aromatic heterocycles. The number of rotatable bonds is 3. The second-order valence-electron chi connectivity index (χ2n) is 5.58. The van der Waals surface area contributed by atoms with Crippen LogP contribution in [0.4, 0.5) is 4.39 Å². The van der Waals surface area contributed by atoms with E-state index in [1.165, 1.54) is 18.6 Å². The van der Waals surface area contributed by atoms with E-state index in [1.807, 2.05) is 20.8 Å². The minimum Gasteiger partial charge on any atom is -0.494 e. The molecule has 2 aromatic rings. The molecule has 6 heteroatoms. The van der Waals surface area contributed by atoms with E-state index in [2.05, 4.69) is 9.59 Å². The third kappa shape index (κ3) is 2.66. The minimum atomic E-state index is -0.598. The van der Waals surface area contributed by atoms with Gasteiger partial charge in [-0.1, -0.05) is 37.4 Å². The lowest BCUT2D eigenvalue weighted by atomic mass is 9.89. The summed E-state index contributed by atoms with van der Waals surface area (Å²) < 4.78 is 23.3. The van der Waals surface area contributed by atoms with Gasteiger partial charge in [-0.2, -0.15) is 0 Å². The molecule has 108 valence electrons. The van der Waals surface area contributed by atoms with Crippen LogP contribution in [0.5, 0.6) is 5.75 Å². The van der Waals surface area contributed by atoms with Crippen molar-refractivity contribution in [2.24, 2.45) is 5.73 Å². The number of aromatic nitrogens is 2. The van der Waals surface area contributed by atoms with Gasteiger partial charge in [-0.15, -0.1) is 5.10 Å². The van der Waals surface area contributed by atoms with Crippen LogP contribution in [-0.2, 0) is 5.41 Å². The fourth-order valence-electron chi connectivity index (χ4n) is 1.99. The normalized spacial score (nSPS) is 13.3. The number of methoxy groups -OCH3 is 1. The lowest BCUT2D eigenvalue weighted by Gasteiger charge is -2.20. The lowest BCUT2D eigenvalue weighted by molar-refractivity contribution is 0.383. The number of nitrogens with two attached hydrogens (primary N) is 1. The number of nitrogens with zero attached hydrogens (tertiary/aromatic N) is 2. The van der Waals surface area contributed by atoms with Gasteiger partial charge in [0.15, 0.2) is 11.6 Å². The predicted octanol–water partition coefficient (Wildman–Crippen LogP) is 3.03. The molecule has 0 saturated carbocycles. The van der Waals surface area contributed by atoms with Gasteiger partial charge in [0.1, 0.15) is 0 Å². The number of hydrogen-bond donors (Lipinski definition) is 1. The molecule has 0 amide bonds. The van der Waals surface area contributed by atoms with Gasteiger partial charge in [0, 0.05) is 11.0 Å². The molecule has 0 fully saturated rings. The van der Waals surface area contributed by atoms with E-state index >= 15 is 0 Å². The first-order valence-electron chi connectivity index (χ1n) is 6.27. The molecule has 0 aliphatic heterocycles. The first-order chi connectivity index (χ1) is 9.36. The molecule has 0 saturated heterocycles. The Morgan fingerprint density at radius 3 is 2.65 bits per heavy atom. The zero-order valence-corrected chi connectivity index (χ0v) is 12.8. The lowest BCUT2D eigenvalue weighted by Crippen LogP contribution is -2.20. The van der Waals surface area contributed by atoms with Crippen LogP contribution >= 0.6 is 11.5 Å². The summed E-state index contributed by atoms with van der Waals surface area (Å²) in [5.74, 6) is -0.247. The first-order valence-corrected chi connectivity index (χ1v) is 7.04. The van der Waals surface area contributed by atoms with Crippen LogP contribution in [0.3, 0.4) is 0 Å². The summed E-state index contributed by atoms with van der Waals surface area (Å²) in [6.45, 7) is 6.09. The van der Waals surface area contributed by atoms with Crippen LogP contribution in [0.2, 0.25) is 0 Å².